The monoisotopic (exact) mass is 294 g/mol. The molecule has 7 nitrogen and oxygen atoms in total. The molecule has 1 unspecified atom stereocenters. The summed E-state index contributed by atoms with van der Waals surface area (Å²) in [6.45, 7) is 1.58. The third kappa shape index (κ3) is 4.73. The molecule has 1 aliphatic rings. The van der Waals surface area contributed by atoms with Crippen LogP contribution in [0, 0.1) is 0 Å². The van der Waals surface area contributed by atoms with Gasteiger partial charge in [0.15, 0.2) is 6.61 Å². The number of carbonyl (C=O) groups is 2. The van der Waals surface area contributed by atoms with Gasteiger partial charge in [0.05, 0.1) is 13.7 Å². The van der Waals surface area contributed by atoms with Crippen LogP contribution >= 0.6 is 0 Å². The molecule has 2 rings (SSSR count). The Bertz CT molecular complexity index is 500. The summed E-state index contributed by atoms with van der Waals surface area (Å²) in [6.07, 6.45) is -0.501. The van der Waals surface area contributed by atoms with Gasteiger partial charge in [0.2, 0.25) is 0 Å². The summed E-state index contributed by atoms with van der Waals surface area (Å²) in [4.78, 5) is 23.0. The van der Waals surface area contributed by atoms with Crippen molar-refractivity contribution in [2.24, 2.45) is 0 Å². The molecule has 1 atom stereocenters. The normalized spacial score (nSPS) is 17.9. The van der Waals surface area contributed by atoms with Gasteiger partial charge in [0, 0.05) is 24.8 Å². The van der Waals surface area contributed by atoms with Gasteiger partial charge in [0.25, 0.3) is 5.91 Å². The zero-order chi connectivity index (χ0) is 15.1. The minimum absolute atomic E-state index is 0.177. The van der Waals surface area contributed by atoms with E-state index < -0.39 is 12.1 Å². The van der Waals surface area contributed by atoms with Crippen molar-refractivity contribution < 1.29 is 23.8 Å². The van der Waals surface area contributed by atoms with Gasteiger partial charge in [-0.15, -0.1) is 0 Å². The summed E-state index contributed by atoms with van der Waals surface area (Å²) >= 11 is 0. The molecule has 1 aromatic rings. The van der Waals surface area contributed by atoms with Crippen LogP contribution in [-0.4, -0.2) is 51.4 Å². The van der Waals surface area contributed by atoms with Gasteiger partial charge in [-0.1, -0.05) is 6.07 Å². The molecule has 0 spiro atoms. The van der Waals surface area contributed by atoms with Crippen molar-refractivity contribution in [1.82, 2.24) is 5.32 Å². The summed E-state index contributed by atoms with van der Waals surface area (Å²) in [6, 6.07) is 6.79. The highest BCUT2D eigenvalue weighted by Gasteiger charge is 2.21. The number of ether oxygens (including phenoxy) is 3. The van der Waals surface area contributed by atoms with Gasteiger partial charge in [-0.2, -0.15) is 0 Å². The lowest BCUT2D eigenvalue weighted by atomic mass is 10.2. The van der Waals surface area contributed by atoms with Crippen LogP contribution in [0.2, 0.25) is 0 Å². The van der Waals surface area contributed by atoms with Crippen LogP contribution in [0.3, 0.4) is 0 Å². The molecule has 0 bridgehead atoms. The first-order chi connectivity index (χ1) is 10.2. The molecule has 7 heteroatoms. The third-order valence-corrected chi connectivity index (χ3v) is 2.91. The standard InChI is InChI=1S/C14H18N2O5/c1-19-13(17)9-21-11-4-2-3-10(7-11)16-14(18)12-8-15-5-6-20-12/h2-4,7,12,15H,5-6,8-9H2,1H3,(H,16,18). The Morgan fingerprint density at radius 1 is 1.48 bits per heavy atom. The second-order valence-corrected chi connectivity index (χ2v) is 4.45. The lowest BCUT2D eigenvalue weighted by Crippen LogP contribution is -2.45. The number of esters is 1. The predicted molar refractivity (Wildman–Crippen MR) is 75.2 cm³/mol. The molecule has 1 aliphatic heterocycles. The fraction of sp³-hybridized carbons (Fsp3) is 0.429. The summed E-state index contributed by atoms with van der Waals surface area (Å²) in [7, 11) is 1.29. The maximum absolute atomic E-state index is 12.0. The van der Waals surface area contributed by atoms with Crippen molar-refractivity contribution in [3.05, 3.63) is 24.3 Å². The van der Waals surface area contributed by atoms with E-state index in [0.29, 0.717) is 24.6 Å². The van der Waals surface area contributed by atoms with E-state index in [2.05, 4.69) is 15.4 Å². The maximum atomic E-state index is 12.0. The average Bonchev–Trinajstić information content (AvgIpc) is 2.53. The van der Waals surface area contributed by atoms with Crippen molar-refractivity contribution in [3.8, 4) is 5.75 Å². The first-order valence-electron chi connectivity index (χ1n) is 6.62. The van der Waals surface area contributed by atoms with Gasteiger partial charge in [-0.25, -0.2) is 4.79 Å². The number of anilines is 1. The molecule has 0 saturated carbocycles. The Kier molecular flexibility index (Phi) is 5.53. The smallest absolute Gasteiger partial charge is 0.343 e. The van der Waals surface area contributed by atoms with E-state index >= 15 is 0 Å². The minimum atomic E-state index is -0.501. The molecule has 0 aliphatic carbocycles. The van der Waals surface area contributed by atoms with Crippen molar-refractivity contribution in [2.45, 2.75) is 6.10 Å². The second-order valence-electron chi connectivity index (χ2n) is 4.45. The first-order valence-corrected chi connectivity index (χ1v) is 6.62. The third-order valence-electron chi connectivity index (χ3n) is 2.91. The molecule has 0 aromatic heterocycles. The molecular formula is C14H18N2O5. The Balaban J connectivity index is 1.90. The van der Waals surface area contributed by atoms with Crippen molar-refractivity contribution in [2.75, 3.05) is 38.7 Å². The molecule has 0 radical (unpaired) electrons. The largest absolute Gasteiger partial charge is 0.482 e. The number of amides is 1. The van der Waals surface area contributed by atoms with Crippen LogP contribution in [0.1, 0.15) is 0 Å². The maximum Gasteiger partial charge on any atom is 0.343 e. The fourth-order valence-corrected chi connectivity index (χ4v) is 1.82. The number of nitrogens with one attached hydrogen (secondary N) is 2. The van der Waals surface area contributed by atoms with E-state index in [4.69, 9.17) is 9.47 Å². The van der Waals surface area contributed by atoms with E-state index in [1.807, 2.05) is 0 Å². The van der Waals surface area contributed by atoms with Crippen molar-refractivity contribution in [1.29, 1.82) is 0 Å². The Morgan fingerprint density at radius 3 is 3.05 bits per heavy atom. The average molecular weight is 294 g/mol. The van der Waals surface area contributed by atoms with E-state index in [0.717, 1.165) is 6.54 Å². The molecule has 21 heavy (non-hydrogen) atoms. The zero-order valence-corrected chi connectivity index (χ0v) is 11.8. The lowest BCUT2D eigenvalue weighted by molar-refractivity contribution is -0.142. The van der Waals surface area contributed by atoms with Crippen LogP contribution < -0.4 is 15.4 Å². The highest BCUT2D eigenvalue weighted by molar-refractivity contribution is 5.94. The van der Waals surface area contributed by atoms with E-state index in [1.54, 1.807) is 24.3 Å². The molecule has 1 amide bonds. The quantitative estimate of drug-likeness (QED) is 0.753. The molecule has 114 valence electrons. The molecule has 1 fully saturated rings. The molecule has 2 N–H and O–H groups in total. The SMILES string of the molecule is COC(=O)COc1cccc(NC(=O)C2CNCCO2)c1. The lowest BCUT2D eigenvalue weighted by Gasteiger charge is -2.22. The summed E-state index contributed by atoms with van der Waals surface area (Å²) in [5, 5.41) is 5.84. The number of hydrogen-bond donors (Lipinski definition) is 2. The Morgan fingerprint density at radius 2 is 2.33 bits per heavy atom. The molecular weight excluding hydrogens is 276 g/mol. The van der Waals surface area contributed by atoms with Crippen molar-refractivity contribution in [3.63, 3.8) is 0 Å². The van der Waals surface area contributed by atoms with E-state index in [-0.39, 0.29) is 12.5 Å². The Labute approximate surface area is 122 Å². The van der Waals surface area contributed by atoms with Crippen LogP contribution in [0.5, 0.6) is 5.75 Å². The number of morpholine rings is 1. The Hall–Kier alpha value is -2.12. The van der Waals surface area contributed by atoms with Gasteiger partial charge < -0.3 is 24.8 Å². The van der Waals surface area contributed by atoms with Gasteiger partial charge in [0.1, 0.15) is 11.9 Å². The highest BCUT2D eigenvalue weighted by Crippen LogP contribution is 2.18. The van der Waals surface area contributed by atoms with Crippen LogP contribution in [0.15, 0.2) is 24.3 Å². The highest BCUT2D eigenvalue weighted by atomic mass is 16.6. The van der Waals surface area contributed by atoms with Crippen molar-refractivity contribution >= 4 is 17.6 Å². The zero-order valence-electron chi connectivity index (χ0n) is 11.8. The second kappa shape index (κ2) is 7.61. The van der Waals surface area contributed by atoms with E-state index in [1.165, 1.54) is 7.11 Å². The number of methoxy groups -OCH3 is 1. The number of hydrogen-bond acceptors (Lipinski definition) is 6. The van der Waals surface area contributed by atoms with E-state index in [9.17, 15) is 9.59 Å². The predicted octanol–water partition coefficient (Wildman–Crippen LogP) is 0.165. The summed E-state index contributed by atoms with van der Waals surface area (Å²) in [5.41, 5.74) is 0.580. The fourth-order valence-electron chi connectivity index (χ4n) is 1.82. The number of rotatable bonds is 5. The molecule has 1 saturated heterocycles. The number of benzene rings is 1. The number of carbonyl (C=O) groups excluding carboxylic acids is 2. The minimum Gasteiger partial charge on any atom is -0.482 e. The topological polar surface area (TPSA) is 85.9 Å². The summed E-state index contributed by atoms with van der Waals surface area (Å²) in [5.74, 6) is -0.209. The molecule has 1 aromatic carbocycles. The van der Waals surface area contributed by atoms with Crippen LogP contribution in [0.4, 0.5) is 5.69 Å². The van der Waals surface area contributed by atoms with Gasteiger partial charge in [-0.3, -0.25) is 4.79 Å². The van der Waals surface area contributed by atoms with Gasteiger partial charge in [-0.05, 0) is 12.1 Å². The first kappa shape index (κ1) is 15.3. The molecule has 1 heterocycles. The van der Waals surface area contributed by atoms with Crippen LogP contribution in [-0.2, 0) is 19.1 Å². The summed E-state index contributed by atoms with van der Waals surface area (Å²) < 4.78 is 15.1. The van der Waals surface area contributed by atoms with Crippen LogP contribution in [0.25, 0.3) is 0 Å². The van der Waals surface area contributed by atoms with Gasteiger partial charge >= 0.3 is 5.97 Å².